The van der Waals surface area contributed by atoms with E-state index in [4.69, 9.17) is 24.5 Å². The molecule has 0 aliphatic carbocycles. The Bertz CT molecular complexity index is 990. The van der Waals surface area contributed by atoms with Crippen LogP contribution in [0.5, 0.6) is 0 Å². The van der Waals surface area contributed by atoms with Crippen molar-refractivity contribution in [2.24, 2.45) is 0 Å². The molecule has 0 amide bonds. The maximum absolute atomic E-state index is 5.58. The van der Waals surface area contributed by atoms with Crippen molar-refractivity contribution in [2.75, 3.05) is 44.4 Å². The number of hydrogen-bond acceptors (Lipinski definition) is 6. The second-order valence-electron chi connectivity index (χ2n) is 7.62. The predicted octanol–water partition coefficient (Wildman–Crippen LogP) is 2.98. The number of ether oxygens (including phenoxy) is 2. The first-order chi connectivity index (χ1) is 14.3. The molecule has 7 heteroatoms. The van der Waals surface area contributed by atoms with Crippen molar-refractivity contribution in [2.45, 2.75) is 19.3 Å². The van der Waals surface area contributed by atoms with E-state index >= 15 is 0 Å². The number of aromatic nitrogens is 4. The van der Waals surface area contributed by atoms with Crippen LogP contribution in [0.4, 0.5) is 5.82 Å². The summed E-state index contributed by atoms with van der Waals surface area (Å²) < 4.78 is 12.9. The molecule has 2 saturated heterocycles. The Morgan fingerprint density at radius 2 is 1.83 bits per heavy atom. The number of benzene rings is 1. The monoisotopic (exact) mass is 391 g/mol. The number of morpholine rings is 1. The number of anilines is 1. The van der Waals surface area contributed by atoms with Crippen molar-refractivity contribution in [1.82, 2.24) is 19.7 Å². The summed E-state index contributed by atoms with van der Waals surface area (Å²) in [6, 6.07) is 12.4. The number of aryl methyl sites for hydroxylation is 1. The molecule has 0 radical (unpaired) electrons. The summed E-state index contributed by atoms with van der Waals surface area (Å²) in [4.78, 5) is 12.0. The van der Waals surface area contributed by atoms with Gasteiger partial charge in [-0.25, -0.2) is 14.6 Å². The van der Waals surface area contributed by atoms with Crippen LogP contribution in [-0.4, -0.2) is 59.3 Å². The van der Waals surface area contributed by atoms with Crippen molar-refractivity contribution in [3.8, 4) is 17.1 Å². The van der Waals surface area contributed by atoms with Gasteiger partial charge in [-0.2, -0.15) is 5.10 Å². The average molecular weight is 391 g/mol. The van der Waals surface area contributed by atoms with Gasteiger partial charge in [0, 0.05) is 43.4 Å². The summed E-state index contributed by atoms with van der Waals surface area (Å²) in [7, 11) is 0. The van der Waals surface area contributed by atoms with E-state index in [9.17, 15) is 0 Å². The van der Waals surface area contributed by atoms with Crippen LogP contribution >= 0.6 is 0 Å². The first-order valence-electron chi connectivity index (χ1n) is 10.2. The average Bonchev–Trinajstić information content (AvgIpc) is 3.47. The van der Waals surface area contributed by atoms with Crippen molar-refractivity contribution >= 4 is 5.82 Å². The topological polar surface area (TPSA) is 65.3 Å². The van der Waals surface area contributed by atoms with Gasteiger partial charge in [-0.05, 0) is 25.5 Å². The van der Waals surface area contributed by atoms with Crippen LogP contribution in [0.1, 0.15) is 23.7 Å². The van der Waals surface area contributed by atoms with Crippen molar-refractivity contribution < 1.29 is 9.47 Å². The minimum absolute atomic E-state index is 0.238. The third kappa shape index (κ3) is 3.88. The molecule has 150 valence electrons. The first kappa shape index (κ1) is 18.3. The molecule has 0 bridgehead atoms. The molecule has 2 aliphatic heterocycles. The van der Waals surface area contributed by atoms with Crippen molar-refractivity contribution in [3.63, 3.8) is 0 Å². The van der Waals surface area contributed by atoms with Gasteiger partial charge in [0.1, 0.15) is 11.6 Å². The van der Waals surface area contributed by atoms with Gasteiger partial charge < -0.3 is 14.4 Å². The Morgan fingerprint density at radius 3 is 2.62 bits per heavy atom. The van der Waals surface area contributed by atoms with Gasteiger partial charge in [-0.15, -0.1) is 0 Å². The minimum atomic E-state index is 0.238. The highest BCUT2D eigenvalue weighted by atomic mass is 16.5. The molecule has 7 nitrogen and oxygen atoms in total. The second-order valence-corrected chi connectivity index (χ2v) is 7.62. The van der Waals surface area contributed by atoms with Gasteiger partial charge in [-0.1, -0.05) is 23.8 Å². The fourth-order valence-corrected chi connectivity index (χ4v) is 3.84. The Hall–Kier alpha value is -2.77. The lowest BCUT2D eigenvalue weighted by molar-refractivity contribution is 0.122. The zero-order valence-corrected chi connectivity index (χ0v) is 16.6. The highest BCUT2D eigenvalue weighted by Crippen LogP contribution is 2.27. The minimum Gasteiger partial charge on any atom is -0.381 e. The number of nitrogens with zero attached hydrogens (tertiary/aromatic N) is 5. The zero-order chi connectivity index (χ0) is 19.6. The van der Waals surface area contributed by atoms with Crippen LogP contribution in [0.15, 0.2) is 42.6 Å². The van der Waals surface area contributed by atoms with E-state index in [1.807, 2.05) is 23.0 Å². The molecule has 1 atom stereocenters. The zero-order valence-electron chi connectivity index (χ0n) is 16.6. The lowest BCUT2D eigenvalue weighted by Crippen LogP contribution is -2.37. The summed E-state index contributed by atoms with van der Waals surface area (Å²) in [5.41, 5.74) is 3.26. The van der Waals surface area contributed by atoms with E-state index in [0.717, 1.165) is 68.0 Å². The molecule has 2 aliphatic rings. The maximum Gasteiger partial charge on any atom is 0.159 e. The Balaban J connectivity index is 1.52. The van der Waals surface area contributed by atoms with Gasteiger partial charge in [0.25, 0.3) is 0 Å². The van der Waals surface area contributed by atoms with Crippen LogP contribution in [0.2, 0.25) is 0 Å². The molecule has 2 fully saturated rings. The fourth-order valence-electron chi connectivity index (χ4n) is 3.84. The molecule has 3 aromatic rings. The van der Waals surface area contributed by atoms with Gasteiger partial charge in [-0.3, -0.25) is 0 Å². The van der Waals surface area contributed by atoms with Crippen LogP contribution in [0.25, 0.3) is 17.1 Å². The van der Waals surface area contributed by atoms with Crippen LogP contribution in [0, 0.1) is 6.92 Å². The van der Waals surface area contributed by atoms with E-state index in [1.165, 1.54) is 5.56 Å². The summed E-state index contributed by atoms with van der Waals surface area (Å²) >= 11 is 0. The fraction of sp³-hybridized carbons (Fsp3) is 0.409. The SMILES string of the molecule is Cc1cccc(-c2ccn(-c3cc(N4CCOCC4)nc([C@@H]4CCOC4)n3)n2)c1. The van der Waals surface area contributed by atoms with Gasteiger partial charge in [0.2, 0.25) is 0 Å². The molecule has 0 unspecified atom stereocenters. The quantitative estimate of drug-likeness (QED) is 0.681. The summed E-state index contributed by atoms with van der Waals surface area (Å²) in [6.45, 7) is 6.66. The summed E-state index contributed by atoms with van der Waals surface area (Å²) in [5, 5.41) is 4.80. The number of hydrogen-bond donors (Lipinski definition) is 0. The Labute approximate surface area is 170 Å². The Kier molecular flexibility index (Phi) is 4.99. The second kappa shape index (κ2) is 7.93. The standard InChI is InChI=1S/C22H25N5O2/c1-16-3-2-4-17(13-16)19-5-7-27(25-19)21-14-20(26-8-11-28-12-9-26)23-22(24-21)18-6-10-29-15-18/h2-5,7,13-14,18H,6,8-12,15H2,1H3/t18-/m1/s1. The lowest BCUT2D eigenvalue weighted by atomic mass is 10.1. The molecular formula is C22H25N5O2. The van der Waals surface area contributed by atoms with Gasteiger partial charge >= 0.3 is 0 Å². The highest BCUT2D eigenvalue weighted by Gasteiger charge is 2.24. The highest BCUT2D eigenvalue weighted by molar-refractivity contribution is 5.60. The van der Waals surface area contributed by atoms with E-state index in [0.29, 0.717) is 6.61 Å². The van der Waals surface area contributed by atoms with Crippen LogP contribution in [0.3, 0.4) is 0 Å². The van der Waals surface area contributed by atoms with Crippen LogP contribution < -0.4 is 4.90 Å². The summed E-state index contributed by atoms with van der Waals surface area (Å²) in [5.74, 6) is 2.81. The molecule has 29 heavy (non-hydrogen) atoms. The van der Waals surface area contributed by atoms with E-state index in [1.54, 1.807) is 0 Å². The van der Waals surface area contributed by atoms with Crippen LogP contribution in [-0.2, 0) is 9.47 Å². The largest absolute Gasteiger partial charge is 0.381 e. The molecule has 0 saturated carbocycles. The smallest absolute Gasteiger partial charge is 0.159 e. The van der Waals surface area contributed by atoms with Crippen molar-refractivity contribution in [1.29, 1.82) is 0 Å². The molecule has 2 aromatic heterocycles. The molecule has 0 spiro atoms. The van der Waals surface area contributed by atoms with E-state index in [2.05, 4.69) is 36.1 Å². The van der Waals surface area contributed by atoms with Gasteiger partial charge in [0.05, 0.1) is 25.5 Å². The van der Waals surface area contributed by atoms with E-state index < -0.39 is 0 Å². The lowest BCUT2D eigenvalue weighted by Gasteiger charge is -2.28. The molecule has 5 rings (SSSR count). The molecule has 1 aromatic carbocycles. The van der Waals surface area contributed by atoms with Crippen molar-refractivity contribution in [3.05, 3.63) is 54.0 Å². The molecule has 4 heterocycles. The third-order valence-electron chi connectivity index (χ3n) is 5.48. The molecular weight excluding hydrogens is 366 g/mol. The first-order valence-corrected chi connectivity index (χ1v) is 10.2. The third-order valence-corrected chi connectivity index (χ3v) is 5.48. The normalized spacial score (nSPS) is 19.6. The Morgan fingerprint density at radius 1 is 0.966 bits per heavy atom. The van der Waals surface area contributed by atoms with E-state index in [-0.39, 0.29) is 5.92 Å². The molecule has 0 N–H and O–H groups in total. The maximum atomic E-state index is 5.58. The number of rotatable bonds is 4. The van der Waals surface area contributed by atoms with Gasteiger partial charge in [0.15, 0.2) is 5.82 Å². The predicted molar refractivity (Wildman–Crippen MR) is 111 cm³/mol. The summed E-state index contributed by atoms with van der Waals surface area (Å²) in [6.07, 6.45) is 2.93.